The third kappa shape index (κ3) is 4.24. The van der Waals surface area contributed by atoms with E-state index in [0.717, 1.165) is 6.33 Å². The van der Waals surface area contributed by atoms with E-state index in [2.05, 4.69) is 31.1 Å². The fraction of sp³-hybridized carbons (Fsp3) is 0. The molecule has 0 spiro atoms. The van der Waals surface area contributed by atoms with Crippen LogP contribution in [0.1, 0.15) is 10.5 Å². The number of halogens is 2. The van der Waals surface area contributed by atoms with Crippen molar-refractivity contribution in [3.63, 3.8) is 0 Å². The zero-order chi connectivity index (χ0) is 20.1. The monoisotopic (exact) mass is 419 g/mol. The maximum atomic E-state index is 12.1. The molecule has 0 saturated carbocycles. The van der Waals surface area contributed by atoms with Gasteiger partial charge in [0, 0.05) is 6.20 Å². The van der Waals surface area contributed by atoms with Crippen molar-refractivity contribution in [2.45, 2.75) is 0 Å². The molecule has 1 aromatic carbocycles. The Balaban J connectivity index is 1.86. The number of carbonyl (C=O) groups is 1. The van der Waals surface area contributed by atoms with Gasteiger partial charge < -0.3 is 5.32 Å². The minimum atomic E-state index is -0.698. The lowest BCUT2D eigenvalue weighted by Crippen LogP contribution is -2.31. The first-order valence-electron chi connectivity index (χ1n) is 7.65. The molecule has 0 bridgehead atoms. The fourth-order valence-electron chi connectivity index (χ4n) is 2.14. The number of carbonyl (C=O) groups excluding carboxylic acids is 1. The highest BCUT2D eigenvalue weighted by Crippen LogP contribution is 2.35. The van der Waals surface area contributed by atoms with Gasteiger partial charge in [0.05, 0.1) is 20.7 Å². The predicted molar refractivity (Wildman–Crippen MR) is 104 cm³/mol. The maximum Gasteiger partial charge on any atom is 0.355 e. The first kappa shape index (κ1) is 19.3. The van der Waals surface area contributed by atoms with E-state index in [4.69, 9.17) is 23.2 Å². The van der Waals surface area contributed by atoms with E-state index in [1.807, 2.05) is 0 Å². The van der Waals surface area contributed by atoms with Crippen LogP contribution in [0.15, 0.2) is 48.9 Å². The number of nitrogens with one attached hydrogen (secondary N) is 3. The van der Waals surface area contributed by atoms with Crippen LogP contribution in [-0.4, -0.2) is 25.8 Å². The topological polar surface area (TPSA) is 135 Å². The quantitative estimate of drug-likeness (QED) is 0.407. The molecule has 0 aliphatic carbocycles. The van der Waals surface area contributed by atoms with E-state index >= 15 is 0 Å². The van der Waals surface area contributed by atoms with Crippen molar-refractivity contribution < 1.29 is 9.72 Å². The first-order chi connectivity index (χ1) is 13.5. The Bertz CT molecular complexity index is 1030. The van der Waals surface area contributed by atoms with Crippen LogP contribution >= 0.6 is 23.2 Å². The minimum absolute atomic E-state index is 0.121. The summed E-state index contributed by atoms with van der Waals surface area (Å²) in [6.07, 6.45) is 2.53. The lowest BCUT2D eigenvalue weighted by molar-refractivity contribution is -0.383. The second-order valence-electron chi connectivity index (χ2n) is 5.20. The van der Waals surface area contributed by atoms with Gasteiger partial charge in [-0.2, -0.15) is 0 Å². The van der Waals surface area contributed by atoms with Crippen LogP contribution in [0.3, 0.4) is 0 Å². The average Bonchev–Trinajstić information content (AvgIpc) is 2.70. The molecule has 28 heavy (non-hydrogen) atoms. The molecule has 2 heterocycles. The number of anilines is 3. The number of aromatic nitrogens is 3. The second-order valence-corrected chi connectivity index (χ2v) is 5.98. The molecule has 0 saturated heterocycles. The molecule has 1 amide bonds. The number of pyridine rings is 1. The summed E-state index contributed by atoms with van der Waals surface area (Å²) in [4.78, 5) is 34.5. The lowest BCUT2D eigenvalue weighted by Gasteiger charge is -2.11. The van der Waals surface area contributed by atoms with Gasteiger partial charge in [0.1, 0.15) is 12.0 Å². The summed E-state index contributed by atoms with van der Waals surface area (Å²) >= 11 is 12.1. The largest absolute Gasteiger partial charge is 0.355 e. The van der Waals surface area contributed by atoms with Crippen molar-refractivity contribution in [2.75, 3.05) is 10.7 Å². The molecular formula is C16H11Cl2N7O3. The Hall–Kier alpha value is -3.50. The molecule has 0 atom stereocenters. The fourth-order valence-corrected chi connectivity index (χ4v) is 2.49. The summed E-state index contributed by atoms with van der Waals surface area (Å²) in [7, 11) is 0. The van der Waals surface area contributed by atoms with Crippen LogP contribution in [0.25, 0.3) is 0 Å². The molecule has 142 valence electrons. The van der Waals surface area contributed by atoms with Gasteiger partial charge in [0.2, 0.25) is 11.6 Å². The van der Waals surface area contributed by atoms with Crippen molar-refractivity contribution >= 4 is 52.1 Å². The van der Waals surface area contributed by atoms with Crippen LogP contribution in [-0.2, 0) is 0 Å². The summed E-state index contributed by atoms with van der Waals surface area (Å²) in [5.74, 6) is -0.968. The first-order valence-corrected chi connectivity index (χ1v) is 8.40. The number of amides is 1. The third-order valence-corrected chi connectivity index (χ3v) is 4.22. The Morgan fingerprint density at radius 2 is 1.82 bits per heavy atom. The van der Waals surface area contributed by atoms with E-state index in [-0.39, 0.29) is 27.4 Å². The predicted octanol–water partition coefficient (Wildman–Crippen LogP) is 3.59. The molecule has 0 fully saturated rings. The standard InChI is InChI=1S/C16H11Cl2N7O3/c17-9-4-3-6-10(12(9)18)22-14-13(25(27)28)15(21-8-20-14)23-24-16(26)11-5-1-2-7-19-11/h1-8H,(H,24,26)(H2,20,21,22,23). The number of hydrogen-bond acceptors (Lipinski definition) is 8. The lowest BCUT2D eigenvalue weighted by atomic mass is 10.3. The highest BCUT2D eigenvalue weighted by Gasteiger charge is 2.24. The summed E-state index contributed by atoms with van der Waals surface area (Å²) in [6.45, 7) is 0. The number of nitrogens with zero attached hydrogens (tertiary/aromatic N) is 4. The number of benzene rings is 1. The SMILES string of the molecule is O=C(NNc1ncnc(Nc2cccc(Cl)c2Cl)c1[N+](=O)[O-])c1ccccn1. The Labute approximate surface area is 168 Å². The zero-order valence-electron chi connectivity index (χ0n) is 13.9. The van der Waals surface area contributed by atoms with Crippen LogP contribution in [0.5, 0.6) is 0 Å². The smallest absolute Gasteiger partial charge is 0.333 e. The molecule has 0 radical (unpaired) electrons. The van der Waals surface area contributed by atoms with Crippen molar-refractivity contribution in [2.24, 2.45) is 0 Å². The number of hydrazine groups is 1. The van der Waals surface area contributed by atoms with Crippen molar-refractivity contribution in [1.29, 1.82) is 0 Å². The van der Waals surface area contributed by atoms with Gasteiger partial charge in [0.25, 0.3) is 5.91 Å². The molecule has 0 aliphatic rings. The van der Waals surface area contributed by atoms with E-state index in [1.165, 1.54) is 12.3 Å². The van der Waals surface area contributed by atoms with Crippen LogP contribution in [0.4, 0.5) is 23.0 Å². The van der Waals surface area contributed by atoms with Crippen LogP contribution in [0, 0.1) is 10.1 Å². The molecular weight excluding hydrogens is 409 g/mol. The van der Waals surface area contributed by atoms with Gasteiger partial charge in [-0.25, -0.2) is 9.97 Å². The van der Waals surface area contributed by atoms with Gasteiger partial charge in [-0.1, -0.05) is 35.3 Å². The Morgan fingerprint density at radius 1 is 1.04 bits per heavy atom. The molecule has 0 aliphatic heterocycles. The normalized spacial score (nSPS) is 10.2. The van der Waals surface area contributed by atoms with E-state index < -0.39 is 16.5 Å². The summed E-state index contributed by atoms with van der Waals surface area (Å²) in [5, 5.41) is 14.8. The van der Waals surface area contributed by atoms with Gasteiger partial charge in [-0.3, -0.25) is 30.7 Å². The molecule has 3 N–H and O–H groups in total. The van der Waals surface area contributed by atoms with Crippen LogP contribution < -0.4 is 16.2 Å². The molecule has 3 rings (SSSR count). The molecule has 10 nitrogen and oxygen atoms in total. The number of rotatable bonds is 6. The highest BCUT2D eigenvalue weighted by atomic mass is 35.5. The molecule has 2 aromatic heterocycles. The highest BCUT2D eigenvalue weighted by molar-refractivity contribution is 6.43. The summed E-state index contributed by atoms with van der Waals surface area (Å²) in [5.41, 5.74) is 4.65. The van der Waals surface area contributed by atoms with Crippen molar-refractivity contribution in [1.82, 2.24) is 20.4 Å². The van der Waals surface area contributed by atoms with Crippen LogP contribution in [0.2, 0.25) is 10.0 Å². The summed E-state index contributed by atoms with van der Waals surface area (Å²) < 4.78 is 0. The number of hydrogen-bond donors (Lipinski definition) is 3. The van der Waals surface area contributed by atoms with Gasteiger partial charge in [-0.15, -0.1) is 0 Å². The van der Waals surface area contributed by atoms with E-state index in [9.17, 15) is 14.9 Å². The van der Waals surface area contributed by atoms with Crippen molar-refractivity contribution in [3.05, 3.63) is 74.8 Å². The Kier molecular flexibility index (Phi) is 5.82. The second kappa shape index (κ2) is 8.46. The maximum absolute atomic E-state index is 12.1. The molecule has 3 aromatic rings. The Morgan fingerprint density at radius 3 is 2.54 bits per heavy atom. The molecule has 0 unspecified atom stereocenters. The van der Waals surface area contributed by atoms with E-state index in [0.29, 0.717) is 5.69 Å². The zero-order valence-corrected chi connectivity index (χ0v) is 15.4. The van der Waals surface area contributed by atoms with Gasteiger partial charge in [-0.05, 0) is 24.3 Å². The third-order valence-electron chi connectivity index (χ3n) is 3.40. The van der Waals surface area contributed by atoms with E-state index in [1.54, 1.807) is 30.3 Å². The minimum Gasteiger partial charge on any atom is -0.333 e. The summed E-state index contributed by atoms with van der Waals surface area (Å²) in [6, 6.07) is 9.54. The number of nitro groups is 1. The average molecular weight is 420 g/mol. The molecule has 12 heteroatoms. The van der Waals surface area contributed by atoms with Crippen molar-refractivity contribution in [3.8, 4) is 0 Å². The van der Waals surface area contributed by atoms with Gasteiger partial charge >= 0.3 is 5.69 Å². The van der Waals surface area contributed by atoms with Gasteiger partial charge in [0.15, 0.2) is 0 Å².